The Bertz CT molecular complexity index is 323. The lowest BCUT2D eigenvalue weighted by molar-refractivity contribution is 0.324. The van der Waals surface area contributed by atoms with E-state index in [9.17, 15) is 0 Å². The molecule has 1 nitrogen and oxygen atoms in total. The van der Waals surface area contributed by atoms with Gasteiger partial charge in [-0.2, -0.15) is 0 Å². The van der Waals surface area contributed by atoms with Crippen LogP contribution in [0.25, 0.3) is 0 Å². The highest BCUT2D eigenvalue weighted by Crippen LogP contribution is 2.11. The van der Waals surface area contributed by atoms with Gasteiger partial charge in [0.25, 0.3) is 0 Å². The first-order valence-corrected chi connectivity index (χ1v) is 5.46. The lowest BCUT2D eigenvalue weighted by Gasteiger charge is -2.15. The maximum Gasteiger partial charge on any atom is 0.0406 e. The number of halogens is 1. The summed E-state index contributed by atoms with van der Waals surface area (Å²) < 4.78 is 0. The molecule has 0 spiro atoms. The summed E-state index contributed by atoms with van der Waals surface area (Å²) in [5, 5.41) is 0.786. The molecule has 0 aliphatic rings. The molecule has 1 aromatic carbocycles. The minimum atomic E-state index is 0.786. The third-order valence-corrected chi connectivity index (χ3v) is 2.48. The van der Waals surface area contributed by atoms with Gasteiger partial charge in [0.2, 0.25) is 0 Å². The predicted molar refractivity (Wildman–Crippen MR) is 65.9 cm³/mol. The molecule has 15 heavy (non-hydrogen) atoms. The Morgan fingerprint density at radius 1 is 1.33 bits per heavy atom. The van der Waals surface area contributed by atoms with Crippen molar-refractivity contribution >= 4 is 11.6 Å². The summed E-state index contributed by atoms with van der Waals surface area (Å²) in [6, 6.07) is 7.96. The molecule has 0 aliphatic heterocycles. The number of unbranched alkanes of at least 4 members (excludes halogenated alkanes) is 1. The van der Waals surface area contributed by atoms with Crippen molar-refractivity contribution in [2.45, 2.75) is 19.4 Å². The molecule has 0 atom stereocenters. The summed E-state index contributed by atoms with van der Waals surface area (Å²) in [4.78, 5) is 2.26. The van der Waals surface area contributed by atoms with Crippen LogP contribution >= 0.6 is 11.6 Å². The number of benzene rings is 1. The van der Waals surface area contributed by atoms with Crippen molar-refractivity contribution < 1.29 is 0 Å². The van der Waals surface area contributed by atoms with E-state index in [0.29, 0.717) is 0 Å². The molecule has 0 N–H and O–H groups in total. The quantitative estimate of drug-likeness (QED) is 0.545. The van der Waals surface area contributed by atoms with Crippen molar-refractivity contribution in [3.63, 3.8) is 0 Å². The smallest absolute Gasteiger partial charge is 0.0406 e. The largest absolute Gasteiger partial charge is 0.302 e. The first-order chi connectivity index (χ1) is 7.22. The zero-order chi connectivity index (χ0) is 11.1. The second-order valence-electron chi connectivity index (χ2n) is 3.67. The zero-order valence-electron chi connectivity index (χ0n) is 9.04. The lowest BCUT2D eigenvalue weighted by Crippen LogP contribution is -2.18. The normalized spacial score (nSPS) is 10.3. The van der Waals surface area contributed by atoms with E-state index in [1.54, 1.807) is 0 Å². The van der Waals surface area contributed by atoms with Crippen LogP contribution in [-0.4, -0.2) is 18.5 Å². The van der Waals surface area contributed by atoms with Crippen LogP contribution < -0.4 is 0 Å². The molecular weight excluding hydrogens is 206 g/mol. The van der Waals surface area contributed by atoms with Crippen LogP contribution in [0.5, 0.6) is 0 Å². The van der Waals surface area contributed by atoms with E-state index >= 15 is 0 Å². The Kier molecular flexibility index (Phi) is 5.25. The minimum absolute atomic E-state index is 0.786. The molecule has 80 valence electrons. The molecule has 0 bridgehead atoms. The molecule has 0 fully saturated rings. The molecule has 0 amide bonds. The second-order valence-corrected chi connectivity index (χ2v) is 4.11. The van der Waals surface area contributed by atoms with Crippen molar-refractivity contribution in [2.75, 3.05) is 13.6 Å². The summed E-state index contributed by atoms with van der Waals surface area (Å²) in [6.45, 7) is 1.98. The maximum absolute atomic E-state index is 5.81. The number of hydrogen-bond acceptors (Lipinski definition) is 1. The van der Waals surface area contributed by atoms with Gasteiger partial charge in [-0.1, -0.05) is 23.7 Å². The van der Waals surface area contributed by atoms with E-state index in [4.69, 9.17) is 18.0 Å². The molecule has 0 saturated heterocycles. The molecule has 0 aliphatic carbocycles. The number of nitrogens with zero attached hydrogens (tertiary/aromatic N) is 1. The Morgan fingerprint density at radius 2 is 2.00 bits per heavy atom. The van der Waals surface area contributed by atoms with Gasteiger partial charge in [0.05, 0.1) is 0 Å². The highest BCUT2D eigenvalue weighted by atomic mass is 35.5. The number of hydrogen-bond donors (Lipinski definition) is 0. The van der Waals surface area contributed by atoms with Gasteiger partial charge < -0.3 is 4.90 Å². The van der Waals surface area contributed by atoms with Gasteiger partial charge in [-0.05, 0) is 37.7 Å². The monoisotopic (exact) mass is 221 g/mol. The third kappa shape index (κ3) is 4.88. The van der Waals surface area contributed by atoms with E-state index < -0.39 is 0 Å². The Balaban J connectivity index is 2.34. The van der Waals surface area contributed by atoms with Crippen molar-refractivity contribution in [1.29, 1.82) is 0 Å². The number of terminal acetylenes is 1. The van der Waals surface area contributed by atoms with Gasteiger partial charge in [0, 0.05) is 18.0 Å². The third-order valence-electron chi connectivity index (χ3n) is 2.23. The van der Waals surface area contributed by atoms with Gasteiger partial charge in [-0.3, -0.25) is 0 Å². The second kappa shape index (κ2) is 6.50. The van der Waals surface area contributed by atoms with Crippen LogP contribution in [0, 0.1) is 12.3 Å². The fraction of sp³-hybridized carbons (Fsp3) is 0.385. The van der Waals surface area contributed by atoms with Crippen LogP contribution in [0.3, 0.4) is 0 Å². The summed E-state index contributed by atoms with van der Waals surface area (Å²) in [5.74, 6) is 2.65. The Morgan fingerprint density at radius 3 is 2.60 bits per heavy atom. The fourth-order valence-electron chi connectivity index (χ4n) is 1.43. The first kappa shape index (κ1) is 12.1. The van der Waals surface area contributed by atoms with Gasteiger partial charge in [0.1, 0.15) is 0 Å². The highest BCUT2D eigenvalue weighted by molar-refractivity contribution is 6.30. The van der Waals surface area contributed by atoms with Crippen molar-refractivity contribution in [3.8, 4) is 12.3 Å². The number of rotatable bonds is 5. The summed E-state index contributed by atoms with van der Waals surface area (Å²) >= 11 is 5.81. The van der Waals surface area contributed by atoms with Crippen LogP contribution in [0.2, 0.25) is 5.02 Å². The van der Waals surface area contributed by atoms with Crippen molar-refractivity contribution in [1.82, 2.24) is 4.90 Å². The summed E-state index contributed by atoms with van der Waals surface area (Å²) in [6.07, 6.45) is 7.11. The van der Waals surface area contributed by atoms with Crippen LogP contribution in [-0.2, 0) is 6.54 Å². The van der Waals surface area contributed by atoms with Crippen molar-refractivity contribution in [3.05, 3.63) is 34.9 Å². The molecule has 0 heterocycles. The summed E-state index contributed by atoms with van der Waals surface area (Å²) in [7, 11) is 2.10. The summed E-state index contributed by atoms with van der Waals surface area (Å²) in [5.41, 5.74) is 1.28. The first-order valence-electron chi connectivity index (χ1n) is 5.09. The van der Waals surface area contributed by atoms with Gasteiger partial charge in [-0.15, -0.1) is 12.3 Å². The fourth-order valence-corrected chi connectivity index (χ4v) is 1.56. The van der Waals surface area contributed by atoms with E-state index in [1.807, 2.05) is 12.1 Å². The molecule has 0 aromatic heterocycles. The molecule has 2 heteroatoms. The SMILES string of the molecule is C#CCCCN(C)Cc1ccc(Cl)cc1. The molecule has 0 unspecified atom stereocenters. The van der Waals surface area contributed by atoms with Crippen LogP contribution in [0.1, 0.15) is 18.4 Å². The molecule has 1 aromatic rings. The van der Waals surface area contributed by atoms with Crippen LogP contribution in [0.15, 0.2) is 24.3 Å². The standard InChI is InChI=1S/C13H16ClN/c1-3-4-5-10-15(2)11-12-6-8-13(14)9-7-12/h1,6-9H,4-5,10-11H2,2H3. The highest BCUT2D eigenvalue weighted by Gasteiger charge is 1.99. The topological polar surface area (TPSA) is 3.24 Å². The van der Waals surface area contributed by atoms with Crippen molar-refractivity contribution in [2.24, 2.45) is 0 Å². The predicted octanol–water partition coefficient (Wildman–Crippen LogP) is 3.19. The van der Waals surface area contributed by atoms with E-state index in [0.717, 1.165) is 31.0 Å². The van der Waals surface area contributed by atoms with E-state index in [-0.39, 0.29) is 0 Å². The van der Waals surface area contributed by atoms with Crippen LogP contribution in [0.4, 0.5) is 0 Å². The molecule has 0 saturated carbocycles. The van der Waals surface area contributed by atoms with E-state index in [1.165, 1.54) is 5.56 Å². The molecule has 1 rings (SSSR count). The maximum atomic E-state index is 5.81. The zero-order valence-corrected chi connectivity index (χ0v) is 9.80. The Hall–Kier alpha value is -0.970. The average Bonchev–Trinajstić information content (AvgIpc) is 2.22. The van der Waals surface area contributed by atoms with Gasteiger partial charge in [0.15, 0.2) is 0 Å². The molecular formula is C13H16ClN. The van der Waals surface area contributed by atoms with E-state index in [2.05, 4.69) is 30.0 Å². The molecule has 0 radical (unpaired) electrons. The van der Waals surface area contributed by atoms with Gasteiger partial charge >= 0.3 is 0 Å². The Labute approximate surface area is 97.0 Å². The van der Waals surface area contributed by atoms with Gasteiger partial charge in [-0.25, -0.2) is 0 Å². The average molecular weight is 222 g/mol. The lowest BCUT2D eigenvalue weighted by atomic mass is 10.2. The minimum Gasteiger partial charge on any atom is -0.302 e.